The van der Waals surface area contributed by atoms with Crippen molar-refractivity contribution in [3.05, 3.63) is 392 Å². The third-order valence-corrected chi connectivity index (χ3v) is 24.5. The Morgan fingerprint density at radius 2 is 0.530 bits per heavy atom. The van der Waals surface area contributed by atoms with Crippen molar-refractivity contribution in [3.8, 4) is 45.3 Å². The summed E-state index contributed by atoms with van der Waals surface area (Å²) in [6.45, 7) is -0.00147. The quantitative estimate of drug-likeness (QED) is 0.00871. The smallest absolute Gasteiger partial charge is 0.744 e. The van der Waals surface area contributed by atoms with E-state index in [9.17, 15) is 64.3 Å². The van der Waals surface area contributed by atoms with E-state index >= 15 is 0 Å². The Bertz CT molecular complexity index is 6980. The van der Waals surface area contributed by atoms with Gasteiger partial charge in [0.25, 0.3) is 0 Å². The van der Waals surface area contributed by atoms with Gasteiger partial charge >= 0.3 is 94.9 Å². The first-order chi connectivity index (χ1) is 63.8. The molecule has 0 unspecified atom stereocenters. The molecule has 2 aliphatic carbocycles. The van der Waals surface area contributed by atoms with Crippen LogP contribution in [0.1, 0.15) is 147 Å². The summed E-state index contributed by atoms with van der Waals surface area (Å²) >= 11 is 0. The van der Waals surface area contributed by atoms with Crippen molar-refractivity contribution in [2.45, 2.75) is 40.4 Å². The van der Waals surface area contributed by atoms with Gasteiger partial charge in [-0.15, -0.1) is 0 Å². The maximum Gasteiger partial charge on any atom is 1.00 e. The van der Waals surface area contributed by atoms with Crippen LogP contribution in [0.3, 0.4) is 0 Å². The first-order valence-electron chi connectivity index (χ1n) is 42.0. The molecule has 0 spiro atoms. The molecule has 0 aromatic heterocycles. The van der Waals surface area contributed by atoms with Crippen LogP contribution in [0.25, 0.3) is 43.8 Å². The minimum Gasteiger partial charge on any atom is -0.744 e. The number of rotatable bonds is 37. The molecule has 0 amide bonds. The summed E-state index contributed by atoms with van der Waals surface area (Å²) < 4.78 is 135. The second-order valence-corrected chi connectivity index (χ2v) is 33.8. The minimum atomic E-state index is -5.22. The molecule has 0 fully saturated rings. The summed E-state index contributed by atoms with van der Waals surface area (Å²) in [4.78, 5) is 103. The van der Waals surface area contributed by atoms with Gasteiger partial charge in [-0.05, 0) is 229 Å². The van der Waals surface area contributed by atoms with E-state index < -0.39 is 120 Å². The Kier molecular flexibility index (Phi) is 30.9. The summed E-state index contributed by atoms with van der Waals surface area (Å²) in [6, 6.07) is 88.8. The fraction of sp³-hybridized carbons (Fsp3) is 0.162. The number of Topliss-reactive ketones (excluding diaryl/α,β-unsaturated/α-hetero) is 2. The van der Waals surface area contributed by atoms with Crippen LogP contribution < -0.4 is 78.1 Å². The van der Waals surface area contributed by atoms with Gasteiger partial charge in [0.15, 0.2) is 11.6 Å². The Morgan fingerprint density at radius 3 is 0.828 bits per heavy atom. The number of carbonyl (C=O) groups is 8. The third kappa shape index (κ3) is 21.2. The van der Waals surface area contributed by atoms with E-state index in [1.165, 1.54) is 37.3 Å². The van der Waals surface area contributed by atoms with Crippen LogP contribution in [0.2, 0.25) is 0 Å². The number of ether oxygens (including phenoxy) is 11. The molecule has 16 rings (SSSR count). The first kappa shape index (κ1) is 96.8. The number of benzene rings is 14. The maximum atomic E-state index is 13.8. The summed E-state index contributed by atoms with van der Waals surface area (Å²) in [5.41, 5.74) is 10.5. The van der Waals surface area contributed by atoms with Crippen LogP contribution in [-0.4, -0.2) is 153 Å². The van der Waals surface area contributed by atoms with E-state index in [2.05, 4.69) is 60.7 Å². The number of hydrogen-bond acceptors (Lipinski definition) is 25. The zero-order valence-corrected chi connectivity index (χ0v) is 78.7. The zero-order valence-electron chi connectivity index (χ0n) is 73.1. The van der Waals surface area contributed by atoms with E-state index in [1.807, 2.05) is 133 Å². The SMILES string of the molecule is COCCOc1ccc(C2(c3ccc(OCCCC(=O)c4cc(C(=O)OCCOc5ccc(C6(c7ccc(OCCOC(=O)c8ccc9cc(C(=O)OCCOC(=O)c%10cc(C(=O)OCCOC(=O)c%11ccc%12cc(C(C)=O)ccc%12c%11)cc(S(=O)(=O)[O-])c%10)ccc9c8)cc7)c7ccccc7-c7ccccc76)cc5)cc(S(=O)(=O)[O-])c4)cc3)c3ccccc3-c3ccccc32)cc1.[Na+].[Na+]. The molecule has 14 aromatic rings. The fourth-order valence-electron chi connectivity index (χ4n) is 16.8. The van der Waals surface area contributed by atoms with Gasteiger partial charge in [0.05, 0.1) is 67.2 Å². The molecule has 666 valence electrons. The van der Waals surface area contributed by atoms with E-state index in [4.69, 9.17) is 52.1 Å². The van der Waals surface area contributed by atoms with Crippen molar-refractivity contribution in [2.75, 3.05) is 79.8 Å². The fourth-order valence-corrected chi connectivity index (χ4v) is 17.9. The molecular weight excluding hydrogens is 1770 g/mol. The van der Waals surface area contributed by atoms with Crippen LogP contribution in [0.4, 0.5) is 0 Å². The normalized spacial score (nSPS) is 12.4. The Balaban J connectivity index is 0.00000720. The minimum absolute atomic E-state index is 0. The largest absolute Gasteiger partial charge is 1.00 e. The first-order valence-corrected chi connectivity index (χ1v) is 44.8. The van der Waals surface area contributed by atoms with Crippen molar-refractivity contribution in [1.82, 2.24) is 0 Å². The Hall–Kier alpha value is -13.3. The molecule has 0 radical (unpaired) electrons. The monoisotopic (exact) mass is 1850 g/mol. The van der Waals surface area contributed by atoms with Crippen LogP contribution in [0, 0.1) is 0 Å². The second-order valence-electron chi connectivity index (χ2n) is 31.0. The van der Waals surface area contributed by atoms with E-state index in [1.54, 1.807) is 55.6 Å². The standard InChI is InChI=1S/C105H84O25S2.2Na/c1-66(106)67-21-22-69-57-72(26-23-68(69)56-67)99(109)126-52-54-129-102(112)77-61-78(65-88(64-77)132(117,118)119)103(113)130-55-53-127-100(110)74-28-25-70-58-73(27-24-71(70)59-74)98(108)125-50-48-123-85-41-33-81(34-42-85)105(95-18-9-5-14-91(95)92-15-6-10-19-96(92)105)82-35-43-86(44-36-82)124-49-51-128-101(111)76-60-75(62-87(63-76)131(114,115)116)97(107)20-11-45-121-83-37-29-79(30-38-83)104(80-31-39-84(40-32-80)122-47-46-120-2)93-16-7-3-12-89(93)90-13-4-8-17-94(90)104;;/h3-10,12-19,21-44,56-65H,11,20,45-55H2,1-2H3,(H,114,115,116)(H,117,118,119);;/q;2*+1/p-2. The van der Waals surface area contributed by atoms with Crippen LogP contribution in [-0.2, 0) is 64.2 Å². The number of ketones is 2. The molecule has 29 heteroatoms. The summed E-state index contributed by atoms with van der Waals surface area (Å²) in [6.07, 6.45) is 0.109. The molecule has 0 heterocycles. The van der Waals surface area contributed by atoms with Crippen LogP contribution in [0.5, 0.6) is 23.0 Å². The molecule has 14 aromatic carbocycles. The van der Waals surface area contributed by atoms with Gasteiger partial charge in [-0.2, -0.15) is 0 Å². The van der Waals surface area contributed by atoms with E-state index in [0.29, 0.717) is 64.3 Å². The molecule has 134 heavy (non-hydrogen) atoms. The predicted octanol–water partition coefficient (Wildman–Crippen LogP) is 11.3. The average Bonchev–Trinajstić information content (AvgIpc) is 1.54. The van der Waals surface area contributed by atoms with Crippen molar-refractivity contribution in [1.29, 1.82) is 0 Å². The van der Waals surface area contributed by atoms with Crippen molar-refractivity contribution in [2.24, 2.45) is 0 Å². The van der Waals surface area contributed by atoms with Crippen LogP contribution in [0.15, 0.2) is 313 Å². The molecule has 2 aliphatic rings. The van der Waals surface area contributed by atoms with Crippen molar-refractivity contribution in [3.63, 3.8) is 0 Å². The number of fused-ring (bicyclic) bond motifs is 8. The third-order valence-electron chi connectivity index (χ3n) is 22.9. The van der Waals surface area contributed by atoms with Crippen LogP contribution >= 0.6 is 0 Å². The molecule has 0 aliphatic heterocycles. The number of hydrogen-bond donors (Lipinski definition) is 0. The summed E-state index contributed by atoms with van der Waals surface area (Å²) in [5.74, 6) is -3.91. The Morgan fingerprint density at radius 1 is 0.276 bits per heavy atom. The molecule has 0 saturated carbocycles. The van der Waals surface area contributed by atoms with E-state index in [-0.39, 0.29) is 139 Å². The van der Waals surface area contributed by atoms with Gasteiger partial charge in [-0.3, -0.25) is 9.59 Å². The zero-order chi connectivity index (χ0) is 92.3. The van der Waals surface area contributed by atoms with Crippen molar-refractivity contribution < 1.29 is 176 Å². The van der Waals surface area contributed by atoms with Gasteiger partial charge < -0.3 is 61.2 Å². The maximum absolute atomic E-state index is 13.8. The predicted molar refractivity (Wildman–Crippen MR) is 483 cm³/mol. The summed E-state index contributed by atoms with van der Waals surface area (Å²) in [5, 5.41) is 2.54. The van der Waals surface area contributed by atoms with Gasteiger partial charge in [0.1, 0.15) is 103 Å². The second kappa shape index (κ2) is 42.7. The van der Waals surface area contributed by atoms with Gasteiger partial charge in [0.2, 0.25) is 0 Å². The van der Waals surface area contributed by atoms with Gasteiger partial charge in [-0.25, -0.2) is 45.6 Å². The number of carbonyl (C=O) groups excluding carboxylic acids is 8. The number of methoxy groups -OCH3 is 1. The Labute approximate surface area is 815 Å². The topological polar surface area (TPSA) is 352 Å². The molecular formula is C105H82Na2O25S2. The molecule has 0 saturated heterocycles. The van der Waals surface area contributed by atoms with Crippen molar-refractivity contribution >= 4 is 89.2 Å². The van der Waals surface area contributed by atoms with Gasteiger partial charge in [0, 0.05) is 24.7 Å². The average molecular weight is 1850 g/mol. The molecule has 25 nitrogen and oxygen atoms in total. The molecule has 0 bridgehead atoms. The summed E-state index contributed by atoms with van der Waals surface area (Å²) in [7, 11) is -8.73. The molecule has 0 N–H and O–H groups in total. The van der Waals surface area contributed by atoms with Gasteiger partial charge in [-0.1, -0.05) is 176 Å². The molecule has 0 atom stereocenters. The van der Waals surface area contributed by atoms with E-state index in [0.717, 1.165) is 96.1 Å². The number of esters is 6.